The predicted molar refractivity (Wildman–Crippen MR) is 110 cm³/mol. The van der Waals surface area contributed by atoms with Crippen LogP contribution in [0, 0.1) is 5.92 Å². The Labute approximate surface area is 170 Å². The summed E-state index contributed by atoms with van der Waals surface area (Å²) in [7, 11) is 3.14. The number of nitrogens with one attached hydrogen (secondary N) is 1. The lowest BCUT2D eigenvalue weighted by Gasteiger charge is -2.16. The van der Waals surface area contributed by atoms with Gasteiger partial charge >= 0.3 is 0 Å². The van der Waals surface area contributed by atoms with E-state index in [1.165, 1.54) is 0 Å². The number of benzene rings is 2. The number of ether oxygens (including phenoxy) is 2. The van der Waals surface area contributed by atoms with Crippen molar-refractivity contribution in [2.24, 2.45) is 11.0 Å². The number of hydrazone groups is 1. The Morgan fingerprint density at radius 2 is 1.86 bits per heavy atom. The first-order valence-corrected chi connectivity index (χ1v) is 9.40. The van der Waals surface area contributed by atoms with Crippen LogP contribution in [-0.2, 0) is 16.1 Å². The molecule has 152 valence electrons. The van der Waals surface area contributed by atoms with E-state index in [0.717, 1.165) is 11.1 Å². The third-order valence-electron chi connectivity index (χ3n) is 4.94. The van der Waals surface area contributed by atoms with Gasteiger partial charge in [0, 0.05) is 25.1 Å². The number of carbonyl (C=O) groups is 2. The molecule has 1 aliphatic heterocycles. The summed E-state index contributed by atoms with van der Waals surface area (Å²) in [5, 5.41) is 4.19. The fourth-order valence-corrected chi connectivity index (χ4v) is 3.26. The van der Waals surface area contributed by atoms with Gasteiger partial charge in [0.2, 0.25) is 11.8 Å². The molecule has 29 heavy (non-hydrogen) atoms. The van der Waals surface area contributed by atoms with Crippen LogP contribution >= 0.6 is 0 Å². The molecule has 7 heteroatoms. The number of hydrogen-bond acceptors (Lipinski definition) is 5. The minimum Gasteiger partial charge on any atom is -0.493 e. The normalized spacial score (nSPS) is 16.7. The van der Waals surface area contributed by atoms with Crippen LogP contribution in [0.3, 0.4) is 0 Å². The van der Waals surface area contributed by atoms with E-state index in [1.54, 1.807) is 38.2 Å². The monoisotopic (exact) mass is 395 g/mol. The second kappa shape index (κ2) is 9.23. The van der Waals surface area contributed by atoms with E-state index in [1.807, 2.05) is 36.4 Å². The van der Waals surface area contributed by atoms with Gasteiger partial charge in [-0.1, -0.05) is 30.3 Å². The minimum absolute atomic E-state index is 0.0189. The molecule has 3 rings (SSSR count). The van der Waals surface area contributed by atoms with E-state index in [-0.39, 0.29) is 18.2 Å². The summed E-state index contributed by atoms with van der Waals surface area (Å²) >= 11 is 0. The van der Waals surface area contributed by atoms with Gasteiger partial charge in [-0.15, -0.1) is 0 Å². The van der Waals surface area contributed by atoms with Crippen molar-refractivity contribution < 1.29 is 19.1 Å². The lowest BCUT2D eigenvalue weighted by Crippen LogP contribution is -2.30. The molecule has 0 aliphatic carbocycles. The second-order valence-corrected chi connectivity index (χ2v) is 6.90. The molecule has 2 amide bonds. The van der Waals surface area contributed by atoms with Crippen molar-refractivity contribution in [2.75, 3.05) is 20.8 Å². The van der Waals surface area contributed by atoms with Gasteiger partial charge in [0.05, 0.1) is 25.8 Å². The molecule has 1 atom stereocenters. The number of carbonyl (C=O) groups excluding carboxylic acids is 2. The predicted octanol–water partition coefficient (Wildman–Crippen LogP) is 2.59. The Kier molecular flexibility index (Phi) is 6.49. The first-order chi connectivity index (χ1) is 14.0. The van der Waals surface area contributed by atoms with Crippen LogP contribution in [0.4, 0.5) is 0 Å². The van der Waals surface area contributed by atoms with Crippen molar-refractivity contribution in [3.05, 3.63) is 59.7 Å². The van der Waals surface area contributed by atoms with E-state index >= 15 is 0 Å². The van der Waals surface area contributed by atoms with Crippen LogP contribution < -0.4 is 14.9 Å². The standard InChI is InChI=1S/C22H25N3O4/c1-15(17-9-10-19(28-2)20(11-17)29-3)23-24-22(27)18-12-21(26)25(14-18)13-16-7-5-4-6-8-16/h4-11,18H,12-14H2,1-3H3,(H,24,27). The highest BCUT2D eigenvalue weighted by Crippen LogP contribution is 2.27. The smallest absolute Gasteiger partial charge is 0.245 e. The van der Waals surface area contributed by atoms with Crippen LogP contribution in [-0.4, -0.2) is 43.2 Å². The molecule has 0 saturated carbocycles. The lowest BCUT2D eigenvalue weighted by molar-refractivity contribution is -0.129. The SMILES string of the molecule is COc1ccc(C(C)=NNC(=O)C2CC(=O)N(Cc3ccccc3)C2)cc1OC. The van der Waals surface area contributed by atoms with Crippen molar-refractivity contribution in [1.29, 1.82) is 0 Å². The maximum Gasteiger partial charge on any atom is 0.245 e. The molecule has 0 aromatic heterocycles. The van der Waals surface area contributed by atoms with E-state index in [4.69, 9.17) is 9.47 Å². The van der Waals surface area contributed by atoms with Crippen molar-refractivity contribution in [3.8, 4) is 11.5 Å². The van der Waals surface area contributed by atoms with Crippen LogP contribution in [0.5, 0.6) is 11.5 Å². The first-order valence-electron chi connectivity index (χ1n) is 9.40. The van der Waals surface area contributed by atoms with Gasteiger partial charge in [0.15, 0.2) is 11.5 Å². The molecule has 1 aliphatic rings. The highest BCUT2D eigenvalue weighted by atomic mass is 16.5. The second-order valence-electron chi connectivity index (χ2n) is 6.90. The topological polar surface area (TPSA) is 80.2 Å². The highest BCUT2D eigenvalue weighted by molar-refractivity contribution is 6.00. The molecule has 2 aromatic rings. The molecule has 1 unspecified atom stereocenters. The summed E-state index contributed by atoms with van der Waals surface area (Å²) in [5.41, 5.74) is 5.07. The molecule has 0 bridgehead atoms. The lowest BCUT2D eigenvalue weighted by atomic mass is 10.1. The van der Waals surface area contributed by atoms with Crippen LogP contribution in [0.2, 0.25) is 0 Å². The number of likely N-dealkylation sites (tertiary alicyclic amines) is 1. The highest BCUT2D eigenvalue weighted by Gasteiger charge is 2.34. The minimum atomic E-state index is -0.409. The zero-order valence-electron chi connectivity index (χ0n) is 16.8. The third kappa shape index (κ3) is 4.93. The molecule has 1 N–H and O–H groups in total. The van der Waals surface area contributed by atoms with E-state index in [2.05, 4.69) is 10.5 Å². The summed E-state index contributed by atoms with van der Waals surface area (Å²) in [6.07, 6.45) is 0.198. The third-order valence-corrected chi connectivity index (χ3v) is 4.94. The van der Waals surface area contributed by atoms with Gasteiger partial charge in [-0.3, -0.25) is 9.59 Å². The molecular formula is C22H25N3O4. The zero-order chi connectivity index (χ0) is 20.8. The fourth-order valence-electron chi connectivity index (χ4n) is 3.26. The fraction of sp³-hybridized carbons (Fsp3) is 0.318. The Morgan fingerprint density at radius 3 is 2.55 bits per heavy atom. The summed E-state index contributed by atoms with van der Waals surface area (Å²) in [4.78, 5) is 26.5. The number of methoxy groups -OCH3 is 2. The number of amides is 2. The van der Waals surface area contributed by atoms with Crippen LogP contribution in [0.1, 0.15) is 24.5 Å². The molecule has 7 nitrogen and oxygen atoms in total. The van der Waals surface area contributed by atoms with E-state index < -0.39 is 5.92 Å². The Bertz CT molecular complexity index is 912. The Hall–Kier alpha value is -3.35. The van der Waals surface area contributed by atoms with Gasteiger partial charge in [-0.05, 0) is 30.7 Å². The van der Waals surface area contributed by atoms with Gasteiger partial charge in [0.1, 0.15) is 0 Å². The molecular weight excluding hydrogens is 370 g/mol. The van der Waals surface area contributed by atoms with Crippen molar-refractivity contribution >= 4 is 17.5 Å². The van der Waals surface area contributed by atoms with E-state index in [9.17, 15) is 9.59 Å². The molecule has 1 heterocycles. The average molecular weight is 395 g/mol. The summed E-state index contributed by atoms with van der Waals surface area (Å²) in [5.74, 6) is 0.524. The van der Waals surface area contributed by atoms with E-state index in [0.29, 0.717) is 30.3 Å². The quantitative estimate of drug-likeness (QED) is 0.577. The molecule has 0 spiro atoms. The molecule has 1 saturated heterocycles. The van der Waals surface area contributed by atoms with Crippen molar-refractivity contribution in [2.45, 2.75) is 19.9 Å². The first kappa shape index (κ1) is 20.4. The average Bonchev–Trinajstić information content (AvgIpc) is 3.12. The van der Waals surface area contributed by atoms with Crippen LogP contribution in [0.15, 0.2) is 53.6 Å². The Balaban J connectivity index is 1.61. The molecule has 1 fully saturated rings. The van der Waals surface area contributed by atoms with Crippen molar-refractivity contribution in [1.82, 2.24) is 10.3 Å². The number of hydrogen-bond donors (Lipinski definition) is 1. The zero-order valence-corrected chi connectivity index (χ0v) is 16.8. The summed E-state index contributed by atoms with van der Waals surface area (Å²) in [6.45, 7) is 2.70. The maximum atomic E-state index is 12.5. The van der Waals surface area contributed by atoms with Crippen LogP contribution in [0.25, 0.3) is 0 Å². The maximum absolute atomic E-state index is 12.5. The van der Waals surface area contributed by atoms with Gasteiger partial charge < -0.3 is 14.4 Å². The van der Waals surface area contributed by atoms with Gasteiger partial charge in [0.25, 0.3) is 0 Å². The Morgan fingerprint density at radius 1 is 1.14 bits per heavy atom. The molecule has 2 aromatic carbocycles. The number of nitrogens with zero attached hydrogens (tertiary/aromatic N) is 2. The largest absolute Gasteiger partial charge is 0.493 e. The summed E-state index contributed by atoms with van der Waals surface area (Å²) < 4.78 is 10.5. The number of rotatable bonds is 7. The molecule has 0 radical (unpaired) electrons. The van der Waals surface area contributed by atoms with Gasteiger partial charge in [-0.25, -0.2) is 5.43 Å². The van der Waals surface area contributed by atoms with Crippen molar-refractivity contribution in [3.63, 3.8) is 0 Å². The van der Waals surface area contributed by atoms with Gasteiger partial charge in [-0.2, -0.15) is 5.10 Å². The summed E-state index contributed by atoms with van der Waals surface area (Å²) in [6, 6.07) is 15.2.